The smallest absolute Gasteiger partial charge is 0.123 e. The lowest BCUT2D eigenvalue weighted by Crippen LogP contribution is -2.14. The lowest BCUT2D eigenvalue weighted by molar-refractivity contribution is 0.625. The maximum absolute atomic E-state index is 12.8. The van der Waals surface area contributed by atoms with Crippen molar-refractivity contribution in [1.82, 2.24) is 0 Å². The Balaban J connectivity index is 2.16. The summed E-state index contributed by atoms with van der Waals surface area (Å²) >= 11 is 6.91. The average molecular weight is 373 g/mol. The van der Waals surface area contributed by atoms with E-state index in [9.17, 15) is 4.39 Å². The monoisotopic (exact) mass is 371 g/mol. The molecule has 18 heavy (non-hydrogen) atoms. The highest BCUT2D eigenvalue weighted by atomic mass is 79.9. The fourth-order valence-electron chi connectivity index (χ4n) is 1.79. The molecule has 4 heteroatoms. The summed E-state index contributed by atoms with van der Waals surface area (Å²) in [5.41, 5.74) is 8.25. The molecule has 1 nitrogen and oxygen atoms in total. The number of benzene rings is 2. The third-order valence-corrected chi connectivity index (χ3v) is 3.91. The Hall–Kier alpha value is -0.710. The van der Waals surface area contributed by atoms with Crippen LogP contribution < -0.4 is 5.73 Å². The maximum atomic E-state index is 12.8. The van der Waals surface area contributed by atoms with Crippen LogP contribution in [0.5, 0.6) is 0 Å². The van der Waals surface area contributed by atoms with Crippen LogP contribution in [0.1, 0.15) is 17.2 Å². The zero-order valence-corrected chi connectivity index (χ0v) is 12.7. The Morgan fingerprint density at radius 2 is 1.72 bits per heavy atom. The van der Waals surface area contributed by atoms with Gasteiger partial charge in [-0.25, -0.2) is 4.39 Å². The number of halogens is 3. The standard InChI is InChI=1S/C14H12Br2FN/c15-10-3-6-12(13(16)8-10)14(18)7-9-1-4-11(17)5-2-9/h1-6,8,14H,7,18H2. The Morgan fingerprint density at radius 3 is 2.33 bits per heavy atom. The predicted molar refractivity (Wildman–Crippen MR) is 78.9 cm³/mol. The topological polar surface area (TPSA) is 26.0 Å². The predicted octanol–water partition coefficient (Wildman–Crippen LogP) is 4.59. The second kappa shape index (κ2) is 5.95. The van der Waals surface area contributed by atoms with Crippen LogP contribution in [0.15, 0.2) is 51.4 Å². The van der Waals surface area contributed by atoms with Gasteiger partial charge in [-0.2, -0.15) is 0 Å². The molecule has 1 atom stereocenters. The van der Waals surface area contributed by atoms with E-state index in [1.807, 2.05) is 18.2 Å². The van der Waals surface area contributed by atoms with E-state index in [1.54, 1.807) is 12.1 Å². The molecule has 2 rings (SSSR count). The van der Waals surface area contributed by atoms with Gasteiger partial charge in [0.05, 0.1) is 0 Å². The molecule has 0 fully saturated rings. The van der Waals surface area contributed by atoms with Crippen molar-refractivity contribution in [2.24, 2.45) is 5.73 Å². The van der Waals surface area contributed by atoms with Gasteiger partial charge in [-0.3, -0.25) is 0 Å². The van der Waals surface area contributed by atoms with Gasteiger partial charge in [0.1, 0.15) is 5.82 Å². The van der Waals surface area contributed by atoms with E-state index in [-0.39, 0.29) is 11.9 Å². The zero-order valence-electron chi connectivity index (χ0n) is 9.54. The highest BCUT2D eigenvalue weighted by molar-refractivity contribution is 9.11. The van der Waals surface area contributed by atoms with Crippen molar-refractivity contribution in [3.63, 3.8) is 0 Å². The van der Waals surface area contributed by atoms with Crippen molar-refractivity contribution in [3.05, 3.63) is 68.4 Å². The van der Waals surface area contributed by atoms with Crippen LogP contribution in [0.3, 0.4) is 0 Å². The molecule has 0 aromatic heterocycles. The van der Waals surface area contributed by atoms with Crippen molar-refractivity contribution >= 4 is 31.9 Å². The summed E-state index contributed by atoms with van der Waals surface area (Å²) in [6, 6.07) is 12.3. The van der Waals surface area contributed by atoms with Crippen LogP contribution in [0.4, 0.5) is 4.39 Å². The number of nitrogens with two attached hydrogens (primary N) is 1. The van der Waals surface area contributed by atoms with Gasteiger partial charge in [0, 0.05) is 15.0 Å². The van der Waals surface area contributed by atoms with Gasteiger partial charge in [-0.1, -0.05) is 50.1 Å². The SMILES string of the molecule is NC(Cc1ccc(F)cc1)c1ccc(Br)cc1Br. The molecule has 2 N–H and O–H groups in total. The second-order valence-electron chi connectivity index (χ2n) is 4.10. The summed E-state index contributed by atoms with van der Waals surface area (Å²) < 4.78 is 14.8. The Morgan fingerprint density at radius 1 is 1.06 bits per heavy atom. The number of hydrogen-bond donors (Lipinski definition) is 1. The van der Waals surface area contributed by atoms with Gasteiger partial charge in [-0.05, 0) is 41.8 Å². The lowest BCUT2D eigenvalue weighted by atomic mass is 10.00. The Kier molecular flexibility index (Phi) is 4.54. The molecular weight excluding hydrogens is 361 g/mol. The van der Waals surface area contributed by atoms with E-state index in [0.29, 0.717) is 6.42 Å². The minimum atomic E-state index is -0.225. The van der Waals surface area contributed by atoms with Crippen molar-refractivity contribution in [2.75, 3.05) is 0 Å². The molecule has 0 spiro atoms. The molecule has 0 aliphatic heterocycles. The molecule has 1 unspecified atom stereocenters. The van der Waals surface area contributed by atoms with E-state index >= 15 is 0 Å². The highest BCUT2D eigenvalue weighted by Crippen LogP contribution is 2.27. The summed E-state index contributed by atoms with van der Waals surface area (Å²) in [5.74, 6) is -0.225. The molecule has 2 aromatic carbocycles. The van der Waals surface area contributed by atoms with Crippen LogP contribution >= 0.6 is 31.9 Å². The summed E-state index contributed by atoms with van der Waals surface area (Å²) in [4.78, 5) is 0. The molecule has 94 valence electrons. The largest absolute Gasteiger partial charge is 0.324 e. The van der Waals surface area contributed by atoms with E-state index in [4.69, 9.17) is 5.73 Å². The van der Waals surface area contributed by atoms with Gasteiger partial charge in [0.2, 0.25) is 0 Å². The summed E-state index contributed by atoms with van der Waals surface area (Å²) in [5, 5.41) is 0. The van der Waals surface area contributed by atoms with Crippen LogP contribution in [0, 0.1) is 5.82 Å². The van der Waals surface area contributed by atoms with Crippen molar-refractivity contribution in [2.45, 2.75) is 12.5 Å². The Bertz CT molecular complexity index is 540. The normalized spacial score (nSPS) is 12.4. The highest BCUT2D eigenvalue weighted by Gasteiger charge is 2.11. The van der Waals surface area contributed by atoms with E-state index < -0.39 is 0 Å². The molecule has 2 aromatic rings. The lowest BCUT2D eigenvalue weighted by Gasteiger charge is -2.14. The first-order chi connectivity index (χ1) is 8.56. The summed E-state index contributed by atoms with van der Waals surface area (Å²) in [6.45, 7) is 0. The van der Waals surface area contributed by atoms with Gasteiger partial charge >= 0.3 is 0 Å². The zero-order chi connectivity index (χ0) is 13.1. The summed E-state index contributed by atoms with van der Waals surface area (Å²) in [6.07, 6.45) is 0.681. The molecule has 0 heterocycles. The molecular formula is C14H12Br2FN. The first-order valence-electron chi connectivity index (χ1n) is 5.51. The van der Waals surface area contributed by atoms with E-state index in [1.165, 1.54) is 12.1 Å². The van der Waals surface area contributed by atoms with Gasteiger partial charge in [0.15, 0.2) is 0 Å². The molecule has 0 bridgehead atoms. The quantitative estimate of drug-likeness (QED) is 0.837. The fraction of sp³-hybridized carbons (Fsp3) is 0.143. The minimum absolute atomic E-state index is 0.113. The molecule has 0 saturated carbocycles. The molecule has 0 radical (unpaired) electrons. The van der Waals surface area contributed by atoms with Crippen LogP contribution in [0.2, 0.25) is 0 Å². The third kappa shape index (κ3) is 3.40. The van der Waals surface area contributed by atoms with Crippen LogP contribution in [-0.2, 0) is 6.42 Å². The van der Waals surface area contributed by atoms with Gasteiger partial charge < -0.3 is 5.73 Å². The van der Waals surface area contributed by atoms with E-state index in [0.717, 1.165) is 20.1 Å². The van der Waals surface area contributed by atoms with Crippen LogP contribution in [0.25, 0.3) is 0 Å². The number of hydrogen-bond acceptors (Lipinski definition) is 1. The van der Waals surface area contributed by atoms with Crippen molar-refractivity contribution < 1.29 is 4.39 Å². The summed E-state index contributed by atoms with van der Waals surface area (Å²) in [7, 11) is 0. The molecule has 0 amide bonds. The molecule has 0 aliphatic rings. The van der Waals surface area contributed by atoms with Crippen molar-refractivity contribution in [1.29, 1.82) is 0 Å². The third-order valence-electron chi connectivity index (χ3n) is 2.73. The molecule has 0 saturated heterocycles. The minimum Gasteiger partial charge on any atom is -0.324 e. The van der Waals surface area contributed by atoms with Crippen molar-refractivity contribution in [3.8, 4) is 0 Å². The first kappa shape index (κ1) is 13.7. The van der Waals surface area contributed by atoms with E-state index in [2.05, 4.69) is 31.9 Å². The first-order valence-corrected chi connectivity index (χ1v) is 7.10. The fourth-order valence-corrected chi connectivity index (χ4v) is 3.13. The maximum Gasteiger partial charge on any atom is 0.123 e. The van der Waals surface area contributed by atoms with Gasteiger partial charge in [0.25, 0.3) is 0 Å². The molecule has 0 aliphatic carbocycles. The second-order valence-corrected chi connectivity index (χ2v) is 5.87. The van der Waals surface area contributed by atoms with Gasteiger partial charge in [-0.15, -0.1) is 0 Å². The Labute approximate surface area is 122 Å². The van der Waals surface area contributed by atoms with Crippen LogP contribution in [-0.4, -0.2) is 0 Å². The number of rotatable bonds is 3. The average Bonchev–Trinajstić information content (AvgIpc) is 2.32.